The molecule has 0 aliphatic carbocycles. The first-order chi connectivity index (χ1) is 13.8. The van der Waals surface area contributed by atoms with E-state index in [0.717, 1.165) is 21.3 Å². The quantitative estimate of drug-likeness (QED) is 0.229. The van der Waals surface area contributed by atoms with Crippen LogP contribution in [0.4, 0.5) is 57.1 Å². The van der Waals surface area contributed by atoms with E-state index >= 15 is 0 Å². The second kappa shape index (κ2) is 10.4. The molecule has 3 unspecified atom stereocenters. The molecule has 0 saturated heterocycles. The molecule has 0 aromatic heterocycles. The van der Waals surface area contributed by atoms with Gasteiger partial charge in [0.05, 0.1) is 0 Å². The van der Waals surface area contributed by atoms with Crippen LogP contribution in [0.5, 0.6) is 0 Å². The van der Waals surface area contributed by atoms with Crippen molar-refractivity contribution in [1.82, 2.24) is 0 Å². The molecule has 0 rings (SSSR count). The molecule has 3 nitrogen and oxygen atoms in total. The zero-order chi connectivity index (χ0) is 25.1. The normalized spacial score (nSPS) is 17.7. The molecule has 0 bridgehead atoms. The highest BCUT2D eigenvalue weighted by Gasteiger charge is 2.84. The Morgan fingerprint density at radius 2 is 1.06 bits per heavy atom. The van der Waals surface area contributed by atoms with Crippen molar-refractivity contribution in [3.63, 3.8) is 0 Å². The van der Waals surface area contributed by atoms with Crippen molar-refractivity contribution in [2.75, 3.05) is 21.3 Å². The molecule has 0 aliphatic rings. The topological polar surface area (TPSA) is 27.7 Å². The van der Waals surface area contributed by atoms with Gasteiger partial charge in [-0.3, -0.25) is 0 Å². The first-order valence-corrected chi connectivity index (χ1v) is 10.1. The van der Waals surface area contributed by atoms with Gasteiger partial charge in [0, 0.05) is 27.4 Å². The zero-order valence-corrected chi connectivity index (χ0v) is 17.1. The molecule has 0 saturated carbocycles. The van der Waals surface area contributed by atoms with E-state index in [4.69, 9.17) is 13.3 Å². The van der Waals surface area contributed by atoms with Crippen LogP contribution in [0.2, 0.25) is 6.04 Å². The van der Waals surface area contributed by atoms with Gasteiger partial charge >= 0.3 is 32.5 Å². The summed E-state index contributed by atoms with van der Waals surface area (Å²) in [5.74, 6) is -28.3. The molecule has 17 heteroatoms. The Labute approximate surface area is 169 Å². The Morgan fingerprint density at radius 3 is 1.42 bits per heavy atom. The van der Waals surface area contributed by atoms with Gasteiger partial charge in [-0.1, -0.05) is 0 Å². The number of halogens is 13. The van der Waals surface area contributed by atoms with E-state index < -0.39 is 76.3 Å². The van der Waals surface area contributed by atoms with Gasteiger partial charge < -0.3 is 13.3 Å². The second-order valence-corrected chi connectivity index (χ2v) is 9.32. The molecule has 31 heavy (non-hydrogen) atoms. The largest absolute Gasteiger partial charge is 0.500 e. The van der Waals surface area contributed by atoms with Crippen LogP contribution >= 0.6 is 0 Å². The Balaban J connectivity index is 5.69. The molecule has 0 amide bonds. The SMILES string of the molecule is CO[Si](CCCC(F)C(F)(F)C(F)(F)C(F)(F)C(F)(F)C(F)C(F)C(F)F)(OC)OC. The minimum atomic E-state index is -7.45. The number of rotatable bonds is 14. The highest BCUT2D eigenvalue weighted by molar-refractivity contribution is 6.60. The highest BCUT2D eigenvalue weighted by Crippen LogP contribution is 2.56. The standard InChI is InChI=1S/C14H19F13O3Si/c1-28-31(29-2,30-3)6-4-5-7(15)11(20,21)13(24,25)14(26,27)12(22,23)9(17)8(16)10(18)19/h7-10H,4-6H2,1-3H3. The lowest BCUT2D eigenvalue weighted by Gasteiger charge is -2.39. The summed E-state index contributed by atoms with van der Waals surface area (Å²) in [6.45, 7) is 0. The summed E-state index contributed by atoms with van der Waals surface area (Å²) in [6.07, 6.45) is -21.3. The third-order valence-electron chi connectivity index (χ3n) is 4.37. The van der Waals surface area contributed by atoms with Crippen LogP contribution in [0.25, 0.3) is 0 Å². The van der Waals surface area contributed by atoms with E-state index in [-0.39, 0.29) is 0 Å². The van der Waals surface area contributed by atoms with Crippen LogP contribution in [0.3, 0.4) is 0 Å². The van der Waals surface area contributed by atoms with Crippen molar-refractivity contribution < 1.29 is 70.4 Å². The summed E-state index contributed by atoms with van der Waals surface area (Å²) >= 11 is 0. The molecule has 0 aliphatic heterocycles. The molecule has 0 heterocycles. The number of hydrogen-bond donors (Lipinski definition) is 0. The minimum Gasteiger partial charge on any atom is -0.377 e. The maximum Gasteiger partial charge on any atom is 0.500 e. The predicted molar refractivity (Wildman–Crippen MR) is 81.3 cm³/mol. The fraction of sp³-hybridized carbons (Fsp3) is 1.00. The fourth-order valence-corrected chi connectivity index (χ4v) is 4.10. The van der Waals surface area contributed by atoms with E-state index in [2.05, 4.69) is 0 Å². The molecule has 0 aromatic carbocycles. The smallest absolute Gasteiger partial charge is 0.377 e. The van der Waals surface area contributed by atoms with Gasteiger partial charge in [-0.25, -0.2) is 22.0 Å². The van der Waals surface area contributed by atoms with E-state index in [1.807, 2.05) is 0 Å². The average Bonchev–Trinajstić information content (AvgIpc) is 2.69. The average molecular weight is 510 g/mol. The van der Waals surface area contributed by atoms with E-state index in [0.29, 0.717) is 0 Å². The lowest BCUT2D eigenvalue weighted by atomic mass is 9.91. The summed E-state index contributed by atoms with van der Waals surface area (Å²) in [4.78, 5) is 0. The first-order valence-electron chi connectivity index (χ1n) is 8.20. The first kappa shape index (κ1) is 30.2. The molecule has 0 fully saturated rings. The summed E-state index contributed by atoms with van der Waals surface area (Å²) in [5.41, 5.74) is 0. The van der Waals surface area contributed by atoms with Gasteiger partial charge in [0.2, 0.25) is 6.17 Å². The molecule has 0 radical (unpaired) electrons. The van der Waals surface area contributed by atoms with Crippen molar-refractivity contribution in [1.29, 1.82) is 0 Å². The van der Waals surface area contributed by atoms with E-state index in [1.54, 1.807) is 0 Å². The molecule has 0 spiro atoms. The van der Waals surface area contributed by atoms with Gasteiger partial charge in [0.15, 0.2) is 12.3 Å². The summed E-state index contributed by atoms with van der Waals surface area (Å²) < 4.78 is 186. The van der Waals surface area contributed by atoms with Crippen LogP contribution in [0.1, 0.15) is 12.8 Å². The number of hydrogen-bond acceptors (Lipinski definition) is 3. The van der Waals surface area contributed by atoms with Crippen LogP contribution < -0.4 is 0 Å². The summed E-state index contributed by atoms with van der Waals surface area (Å²) in [7, 11) is -0.391. The van der Waals surface area contributed by atoms with Crippen LogP contribution in [-0.2, 0) is 13.3 Å². The third kappa shape index (κ3) is 5.58. The van der Waals surface area contributed by atoms with Gasteiger partial charge in [-0.05, 0) is 12.8 Å². The Kier molecular flexibility index (Phi) is 10.1. The fourth-order valence-electron chi connectivity index (χ4n) is 2.35. The second-order valence-electron chi connectivity index (χ2n) is 6.23. The highest BCUT2D eigenvalue weighted by atomic mass is 28.4. The van der Waals surface area contributed by atoms with Crippen LogP contribution in [0, 0.1) is 0 Å². The molecular formula is C14H19F13O3Si. The maximum atomic E-state index is 13.8. The van der Waals surface area contributed by atoms with Gasteiger partial charge in [0.1, 0.15) is 0 Å². The lowest BCUT2D eigenvalue weighted by molar-refractivity contribution is -0.387. The maximum absolute atomic E-state index is 13.8. The molecule has 0 aromatic rings. The van der Waals surface area contributed by atoms with Crippen molar-refractivity contribution >= 4 is 8.80 Å². The van der Waals surface area contributed by atoms with Crippen LogP contribution in [0.15, 0.2) is 0 Å². The number of alkyl halides is 13. The Morgan fingerprint density at radius 1 is 0.677 bits per heavy atom. The molecule has 188 valence electrons. The van der Waals surface area contributed by atoms with E-state index in [1.165, 1.54) is 0 Å². The predicted octanol–water partition coefficient (Wildman–Crippen LogP) is 5.47. The van der Waals surface area contributed by atoms with Crippen LogP contribution in [-0.4, -0.2) is 78.8 Å². The monoisotopic (exact) mass is 510 g/mol. The molecule has 3 atom stereocenters. The van der Waals surface area contributed by atoms with Crippen molar-refractivity contribution in [3.05, 3.63) is 0 Å². The van der Waals surface area contributed by atoms with Gasteiger partial charge in [-0.2, -0.15) is 35.1 Å². The van der Waals surface area contributed by atoms with Gasteiger partial charge in [-0.15, -0.1) is 0 Å². The zero-order valence-electron chi connectivity index (χ0n) is 16.1. The Hall–Kier alpha value is -0.813. The van der Waals surface area contributed by atoms with Crippen molar-refractivity contribution in [2.24, 2.45) is 0 Å². The Bertz CT molecular complexity index is 551. The lowest BCUT2D eigenvalue weighted by Crippen LogP contribution is -2.68. The van der Waals surface area contributed by atoms with Gasteiger partial charge in [0.25, 0.3) is 6.43 Å². The minimum absolute atomic E-state index is 0.477. The summed E-state index contributed by atoms with van der Waals surface area (Å²) in [5, 5.41) is 0. The summed E-state index contributed by atoms with van der Waals surface area (Å²) in [6, 6.07) is -0.477. The van der Waals surface area contributed by atoms with Crippen molar-refractivity contribution in [3.8, 4) is 0 Å². The van der Waals surface area contributed by atoms with E-state index in [9.17, 15) is 57.1 Å². The van der Waals surface area contributed by atoms with Crippen molar-refractivity contribution in [2.45, 2.75) is 67.5 Å². The molecule has 0 N–H and O–H groups in total. The third-order valence-corrected chi connectivity index (χ3v) is 7.20. The molecular weight excluding hydrogens is 491 g/mol.